The Bertz CT molecular complexity index is 599. The number of hydrogen-bond acceptors (Lipinski definition) is 1. The van der Waals surface area contributed by atoms with Gasteiger partial charge in [-0.15, -0.1) is 0 Å². The number of halogens is 1. The van der Waals surface area contributed by atoms with Gasteiger partial charge in [0.2, 0.25) is 5.91 Å². The summed E-state index contributed by atoms with van der Waals surface area (Å²) in [7, 11) is 0. The van der Waals surface area contributed by atoms with Gasteiger partial charge in [0.25, 0.3) is 0 Å². The number of rotatable bonds is 6. The molecule has 0 radical (unpaired) electrons. The zero-order chi connectivity index (χ0) is 15.1. The van der Waals surface area contributed by atoms with E-state index in [2.05, 4.69) is 35.3 Å². The van der Waals surface area contributed by atoms with E-state index in [1.807, 2.05) is 37.3 Å². The lowest BCUT2D eigenvalue weighted by Crippen LogP contribution is -3.00. The van der Waals surface area contributed by atoms with Crippen molar-refractivity contribution in [3.05, 3.63) is 59.9 Å². The number of unbranched alkanes of at least 4 members (excludes halogenated alkanes) is 1. The third-order valence-electron chi connectivity index (χ3n) is 3.73. The van der Waals surface area contributed by atoms with Crippen molar-refractivity contribution < 1.29 is 26.3 Å². The lowest BCUT2D eigenvalue weighted by Gasteiger charge is -2.10. The summed E-state index contributed by atoms with van der Waals surface area (Å²) in [5, 5.41) is 3.00. The molecule has 0 aliphatic rings. The molecule has 0 aliphatic heterocycles. The summed E-state index contributed by atoms with van der Waals surface area (Å²) in [5.41, 5.74) is 3.27. The number of amides is 1. The fraction of sp³-hybridized carbons (Fsp3) is 0.333. The minimum Gasteiger partial charge on any atom is -1.00 e. The number of pyridine rings is 1. The highest BCUT2D eigenvalue weighted by molar-refractivity contribution is 5.91. The van der Waals surface area contributed by atoms with Gasteiger partial charge in [0, 0.05) is 30.7 Å². The number of nitrogens with one attached hydrogen (secondary N) is 1. The van der Waals surface area contributed by atoms with Crippen molar-refractivity contribution in [2.45, 2.75) is 39.7 Å². The van der Waals surface area contributed by atoms with Crippen molar-refractivity contribution in [3.63, 3.8) is 0 Å². The normalized spacial score (nSPS) is 9.91. The monoisotopic (exact) mass is 362 g/mol. The Labute approximate surface area is 143 Å². The van der Waals surface area contributed by atoms with Gasteiger partial charge < -0.3 is 22.3 Å². The molecule has 1 heterocycles. The molecule has 0 saturated carbocycles. The van der Waals surface area contributed by atoms with Crippen LogP contribution in [0.5, 0.6) is 0 Å². The SMILES string of the molecule is Cc1cccc(NC(=O)CCCC[n+]2ccccc2)c1C.[Br-]. The number of nitrogens with zero attached hydrogens (tertiary/aromatic N) is 1. The van der Waals surface area contributed by atoms with E-state index in [9.17, 15) is 4.79 Å². The molecule has 1 amide bonds. The van der Waals surface area contributed by atoms with Gasteiger partial charge in [0.1, 0.15) is 6.54 Å². The average Bonchev–Trinajstić information content (AvgIpc) is 2.49. The molecule has 0 fully saturated rings. The molecule has 0 saturated heterocycles. The molecular weight excluding hydrogens is 340 g/mol. The van der Waals surface area contributed by atoms with E-state index < -0.39 is 0 Å². The zero-order valence-corrected chi connectivity index (χ0v) is 14.8. The molecule has 0 bridgehead atoms. The van der Waals surface area contributed by atoms with Crippen LogP contribution in [-0.4, -0.2) is 5.91 Å². The molecule has 1 N–H and O–H groups in total. The Morgan fingerprint density at radius 2 is 1.77 bits per heavy atom. The van der Waals surface area contributed by atoms with Crippen molar-refractivity contribution in [3.8, 4) is 0 Å². The van der Waals surface area contributed by atoms with Gasteiger partial charge in [0.05, 0.1) is 0 Å². The van der Waals surface area contributed by atoms with Gasteiger partial charge in [-0.25, -0.2) is 4.57 Å². The van der Waals surface area contributed by atoms with Gasteiger partial charge in [-0.05, 0) is 37.5 Å². The quantitative estimate of drug-likeness (QED) is 0.585. The molecule has 0 aliphatic carbocycles. The van der Waals surface area contributed by atoms with E-state index >= 15 is 0 Å². The Kier molecular flexibility index (Phi) is 7.82. The van der Waals surface area contributed by atoms with Crippen molar-refractivity contribution >= 4 is 11.6 Å². The van der Waals surface area contributed by atoms with Crippen LogP contribution in [0.2, 0.25) is 0 Å². The van der Waals surface area contributed by atoms with Crippen LogP contribution in [0.4, 0.5) is 5.69 Å². The van der Waals surface area contributed by atoms with Crippen molar-refractivity contribution in [2.24, 2.45) is 0 Å². The summed E-state index contributed by atoms with van der Waals surface area (Å²) >= 11 is 0. The molecule has 1 aromatic heterocycles. The smallest absolute Gasteiger partial charge is 0.224 e. The summed E-state index contributed by atoms with van der Waals surface area (Å²) in [6, 6.07) is 12.0. The maximum absolute atomic E-state index is 12.0. The fourth-order valence-electron chi connectivity index (χ4n) is 2.26. The highest BCUT2D eigenvalue weighted by Gasteiger charge is 2.06. The lowest BCUT2D eigenvalue weighted by atomic mass is 10.1. The second-order valence-electron chi connectivity index (χ2n) is 5.37. The number of benzene rings is 1. The van der Waals surface area contributed by atoms with Crippen LogP contribution in [-0.2, 0) is 11.3 Å². The number of aromatic nitrogens is 1. The largest absolute Gasteiger partial charge is 1.00 e. The van der Waals surface area contributed by atoms with E-state index in [4.69, 9.17) is 0 Å². The van der Waals surface area contributed by atoms with E-state index in [1.165, 1.54) is 5.56 Å². The molecule has 4 heteroatoms. The van der Waals surface area contributed by atoms with Crippen LogP contribution in [0.25, 0.3) is 0 Å². The highest BCUT2D eigenvalue weighted by Crippen LogP contribution is 2.18. The third-order valence-corrected chi connectivity index (χ3v) is 3.73. The van der Waals surface area contributed by atoms with Gasteiger partial charge in [-0.3, -0.25) is 4.79 Å². The van der Waals surface area contributed by atoms with Crippen LogP contribution < -0.4 is 26.9 Å². The molecule has 0 unspecified atom stereocenters. The minimum absolute atomic E-state index is 0. The van der Waals surface area contributed by atoms with E-state index in [-0.39, 0.29) is 22.9 Å². The molecular formula is C18H23BrN2O. The maximum Gasteiger partial charge on any atom is 0.224 e. The Morgan fingerprint density at radius 3 is 2.50 bits per heavy atom. The number of hydrogen-bond donors (Lipinski definition) is 1. The molecule has 0 spiro atoms. The van der Waals surface area contributed by atoms with Crippen molar-refractivity contribution in [1.29, 1.82) is 0 Å². The van der Waals surface area contributed by atoms with Gasteiger partial charge >= 0.3 is 0 Å². The predicted octanol–water partition coefficient (Wildman–Crippen LogP) is 0.404. The topological polar surface area (TPSA) is 33.0 Å². The lowest BCUT2D eigenvalue weighted by molar-refractivity contribution is -0.697. The van der Waals surface area contributed by atoms with Gasteiger partial charge in [0.15, 0.2) is 12.4 Å². The summed E-state index contributed by atoms with van der Waals surface area (Å²) in [5.74, 6) is 0.0989. The van der Waals surface area contributed by atoms with Crippen LogP contribution in [0.15, 0.2) is 48.8 Å². The Balaban J connectivity index is 0.00000242. The summed E-state index contributed by atoms with van der Waals surface area (Å²) in [4.78, 5) is 12.0. The molecule has 0 atom stereocenters. The second-order valence-corrected chi connectivity index (χ2v) is 5.37. The second kappa shape index (κ2) is 9.36. The van der Waals surface area contributed by atoms with Gasteiger partial charge in [-0.1, -0.05) is 18.2 Å². The fourth-order valence-corrected chi connectivity index (χ4v) is 2.26. The predicted molar refractivity (Wildman–Crippen MR) is 85.0 cm³/mol. The summed E-state index contributed by atoms with van der Waals surface area (Å²) in [6.45, 7) is 5.05. The summed E-state index contributed by atoms with van der Waals surface area (Å²) in [6.07, 6.45) is 6.58. The first-order valence-electron chi connectivity index (χ1n) is 7.47. The summed E-state index contributed by atoms with van der Waals surface area (Å²) < 4.78 is 2.14. The Morgan fingerprint density at radius 1 is 1.05 bits per heavy atom. The minimum atomic E-state index is 0. The number of aryl methyl sites for hydroxylation is 2. The Hall–Kier alpha value is -1.68. The number of carbonyl (C=O) groups is 1. The van der Waals surface area contributed by atoms with Crippen LogP contribution in [0.3, 0.4) is 0 Å². The van der Waals surface area contributed by atoms with Crippen molar-refractivity contribution in [2.75, 3.05) is 5.32 Å². The molecule has 22 heavy (non-hydrogen) atoms. The zero-order valence-electron chi connectivity index (χ0n) is 13.2. The van der Waals surface area contributed by atoms with Crippen LogP contribution in [0.1, 0.15) is 30.4 Å². The van der Waals surface area contributed by atoms with Crippen LogP contribution in [0, 0.1) is 13.8 Å². The first-order chi connectivity index (χ1) is 10.2. The highest BCUT2D eigenvalue weighted by atomic mass is 79.9. The molecule has 2 rings (SSSR count). The number of anilines is 1. The standard InChI is InChI=1S/C18H22N2O.BrH/c1-15-9-8-10-17(16(15)2)19-18(21)11-4-7-14-20-12-5-3-6-13-20;/h3,5-6,8-10,12-13H,4,7,11,14H2,1-2H3;1H. The van der Waals surface area contributed by atoms with E-state index in [1.54, 1.807) is 0 Å². The maximum atomic E-state index is 12.0. The first-order valence-corrected chi connectivity index (χ1v) is 7.47. The molecule has 1 aromatic carbocycles. The first kappa shape index (κ1) is 18.4. The van der Waals surface area contributed by atoms with Crippen molar-refractivity contribution in [1.82, 2.24) is 0 Å². The van der Waals surface area contributed by atoms with E-state index in [0.717, 1.165) is 30.6 Å². The molecule has 118 valence electrons. The van der Waals surface area contributed by atoms with Gasteiger partial charge in [-0.2, -0.15) is 0 Å². The molecule has 2 aromatic rings. The molecule has 3 nitrogen and oxygen atoms in total. The average molecular weight is 363 g/mol. The van der Waals surface area contributed by atoms with E-state index in [0.29, 0.717) is 6.42 Å². The third kappa shape index (κ3) is 5.60. The number of carbonyl (C=O) groups excluding carboxylic acids is 1. The van der Waals surface area contributed by atoms with Crippen LogP contribution >= 0.6 is 0 Å².